The van der Waals surface area contributed by atoms with Crippen molar-refractivity contribution in [3.8, 4) is 0 Å². The average molecular weight is 242 g/mol. The van der Waals surface area contributed by atoms with Crippen LogP contribution in [0.4, 0.5) is 0 Å². The van der Waals surface area contributed by atoms with Crippen molar-refractivity contribution in [1.29, 1.82) is 0 Å². The smallest absolute Gasteiger partial charge is 0.244 e. The molecule has 0 spiro atoms. The fourth-order valence-corrected chi connectivity index (χ4v) is 3.77. The van der Waals surface area contributed by atoms with E-state index in [0.29, 0.717) is 5.92 Å². The minimum absolute atomic E-state index is 0.241. The molecule has 16 heavy (non-hydrogen) atoms. The Kier molecular flexibility index (Phi) is 1.99. The minimum Gasteiger partial charge on any atom is -0.387 e. The quantitative estimate of drug-likeness (QED) is 0.793. The van der Waals surface area contributed by atoms with Crippen molar-refractivity contribution in [3.05, 3.63) is 18.5 Å². The van der Waals surface area contributed by atoms with Gasteiger partial charge in [-0.3, -0.25) is 0 Å². The van der Waals surface area contributed by atoms with Crippen molar-refractivity contribution in [3.63, 3.8) is 0 Å². The average Bonchev–Trinajstić information content (AvgIpc) is 2.88. The molecule has 88 valence electrons. The predicted molar refractivity (Wildman–Crippen MR) is 57.2 cm³/mol. The molecule has 1 aromatic rings. The first-order valence-electron chi connectivity index (χ1n) is 5.38. The molecule has 0 radical (unpaired) electrons. The van der Waals surface area contributed by atoms with Gasteiger partial charge < -0.3 is 10.1 Å². The van der Waals surface area contributed by atoms with E-state index in [1.807, 2.05) is 0 Å². The maximum absolute atomic E-state index is 12.0. The van der Waals surface area contributed by atoms with Gasteiger partial charge in [-0.25, -0.2) is 8.42 Å². The van der Waals surface area contributed by atoms with Gasteiger partial charge in [-0.1, -0.05) is 0 Å². The van der Waals surface area contributed by atoms with Gasteiger partial charge in [-0.05, 0) is 24.8 Å². The lowest BCUT2D eigenvalue weighted by Gasteiger charge is -2.45. The Bertz CT molecular complexity index is 484. The van der Waals surface area contributed by atoms with Gasteiger partial charge >= 0.3 is 0 Å². The van der Waals surface area contributed by atoms with E-state index in [4.69, 9.17) is 0 Å². The molecule has 0 atom stereocenters. The predicted octanol–water partition coefficient (Wildman–Crippen LogP) is 0.160. The van der Waals surface area contributed by atoms with E-state index in [1.165, 1.54) is 16.6 Å². The minimum atomic E-state index is -3.39. The second-order valence-corrected chi connectivity index (χ2v) is 6.64. The Balaban J connectivity index is 1.77. The number of hydrogen-bond donors (Lipinski definition) is 2. The third kappa shape index (κ3) is 1.41. The molecule has 1 aliphatic carbocycles. The first kappa shape index (κ1) is 10.3. The molecule has 0 amide bonds. The summed E-state index contributed by atoms with van der Waals surface area (Å²) < 4.78 is 25.3. The maximum Gasteiger partial charge on any atom is 0.244 e. The lowest BCUT2D eigenvalue weighted by molar-refractivity contribution is -0.0764. The molecule has 2 fully saturated rings. The zero-order chi connectivity index (χ0) is 11.4. The second-order valence-electron chi connectivity index (χ2n) is 4.70. The van der Waals surface area contributed by atoms with Gasteiger partial charge in [0.1, 0.15) is 0 Å². The van der Waals surface area contributed by atoms with Crippen LogP contribution >= 0.6 is 0 Å². The van der Waals surface area contributed by atoms with E-state index in [2.05, 4.69) is 4.98 Å². The Labute approximate surface area is 94.1 Å². The fourth-order valence-electron chi connectivity index (χ4n) is 2.23. The Morgan fingerprint density at radius 1 is 1.44 bits per heavy atom. The van der Waals surface area contributed by atoms with E-state index in [1.54, 1.807) is 6.20 Å². The Hall–Kier alpha value is -0.850. The molecule has 1 saturated heterocycles. The van der Waals surface area contributed by atoms with Gasteiger partial charge in [0.25, 0.3) is 0 Å². The van der Waals surface area contributed by atoms with Gasteiger partial charge in [0.2, 0.25) is 10.0 Å². The Morgan fingerprint density at radius 3 is 2.62 bits per heavy atom. The summed E-state index contributed by atoms with van der Waals surface area (Å²) >= 11 is 0. The van der Waals surface area contributed by atoms with Crippen LogP contribution < -0.4 is 0 Å². The molecule has 2 aliphatic rings. The summed E-state index contributed by atoms with van der Waals surface area (Å²) in [4.78, 5) is 3.00. The van der Waals surface area contributed by atoms with Crippen molar-refractivity contribution in [2.45, 2.75) is 23.3 Å². The van der Waals surface area contributed by atoms with Gasteiger partial charge in [-0.2, -0.15) is 4.31 Å². The molecule has 0 unspecified atom stereocenters. The number of rotatable bonds is 3. The number of β-amino-alcohol motifs (C(OH)–C–C–N with tert-alkyl or cyclic N) is 1. The highest BCUT2D eigenvalue weighted by atomic mass is 32.2. The first-order valence-corrected chi connectivity index (χ1v) is 6.82. The van der Waals surface area contributed by atoms with Crippen LogP contribution in [0.1, 0.15) is 12.8 Å². The summed E-state index contributed by atoms with van der Waals surface area (Å²) in [5.41, 5.74) is -0.761. The van der Waals surface area contributed by atoms with Crippen molar-refractivity contribution in [2.24, 2.45) is 5.92 Å². The summed E-state index contributed by atoms with van der Waals surface area (Å²) in [5.74, 6) is 0.310. The summed E-state index contributed by atoms with van der Waals surface area (Å²) in [7, 11) is -3.39. The molecule has 1 aromatic heterocycles. The molecule has 3 rings (SSSR count). The highest BCUT2D eigenvalue weighted by Crippen LogP contribution is 2.45. The summed E-state index contributed by atoms with van der Waals surface area (Å²) in [5, 5.41) is 10.1. The molecular weight excluding hydrogens is 228 g/mol. The molecule has 1 aliphatic heterocycles. The molecule has 5 nitrogen and oxygen atoms in total. The van der Waals surface area contributed by atoms with Gasteiger partial charge in [0, 0.05) is 25.5 Å². The van der Waals surface area contributed by atoms with Crippen LogP contribution in [-0.2, 0) is 10.0 Å². The number of aliphatic hydroxyl groups is 1. The third-order valence-electron chi connectivity index (χ3n) is 3.44. The maximum atomic E-state index is 12.0. The normalized spacial score (nSPS) is 25.3. The molecule has 6 heteroatoms. The monoisotopic (exact) mass is 242 g/mol. The van der Waals surface area contributed by atoms with Crippen LogP contribution in [0.3, 0.4) is 0 Å². The van der Waals surface area contributed by atoms with Crippen molar-refractivity contribution >= 4 is 10.0 Å². The standard InChI is InChI=1S/C10H14N2O3S/c13-10(8-1-2-8)6-12(7-10)16(14,15)9-3-4-11-5-9/h3-5,8,11,13H,1-2,6-7H2. The number of nitrogens with zero attached hydrogens (tertiary/aromatic N) is 1. The van der Waals surface area contributed by atoms with Crippen molar-refractivity contribution in [2.75, 3.05) is 13.1 Å². The fraction of sp³-hybridized carbons (Fsp3) is 0.600. The van der Waals surface area contributed by atoms with Crippen LogP contribution in [0.2, 0.25) is 0 Å². The summed E-state index contributed by atoms with van der Waals surface area (Å²) in [6.07, 6.45) is 5.09. The van der Waals surface area contributed by atoms with Gasteiger partial charge in [0.15, 0.2) is 0 Å². The summed E-state index contributed by atoms with van der Waals surface area (Å²) in [6.45, 7) is 0.483. The SMILES string of the molecule is O=S(=O)(c1cc[nH]c1)N1CC(O)(C2CC2)C1. The van der Waals surface area contributed by atoms with Crippen LogP contribution in [-0.4, -0.2) is 41.5 Å². The van der Waals surface area contributed by atoms with E-state index < -0.39 is 15.6 Å². The van der Waals surface area contributed by atoms with Crippen molar-refractivity contribution < 1.29 is 13.5 Å². The number of hydrogen-bond acceptors (Lipinski definition) is 3. The van der Waals surface area contributed by atoms with Crippen LogP contribution in [0, 0.1) is 5.92 Å². The van der Waals surface area contributed by atoms with E-state index >= 15 is 0 Å². The van der Waals surface area contributed by atoms with Crippen LogP contribution in [0.5, 0.6) is 0 Å². The highest BCUT2D eigenvalue weighted by molar-refractivity contribution is 7.89. The second kappa shape index (κ2) is 3.09. The van der Waals surface area contributed by atoms with E-state index in [9.17, 15) is 13.5 Å². The van der Waals surface area contributed by atoms with Crippen LogP contribution in [0.25, 0.3) is 0 Å². The lowest BCUT2D eigenvalue weighted by Crippen LogP contribution is -2.64. The summed E-state index contributed by atoms with van der Waals surface area (Å²) in [6, 6.07) is 1.53. The van der Waals surface area contributed by atoms with Gasteiger partial charge in [-0.15, -0.1) is 0 Å². The molecular formula is C10H14N2O3S. The number of aromatic nitrogens is 1. The molecule has 1 saturated carbocycles. The number of nitrogens with one attached hydrogen (secondary N) is 1. The van der Waals surface area contributed by atoms with Gasteiger partial charge in [0.05, 0.1) is 10.5 Å². The van der Waals surface area contributed by atoms with E-state index in [-0.39, 0.29) is 18.0 Å². The molecule has 2 heterocycles. The molecule has 2 N–H and O–H groups in total. The first-order chi connectivity index (χ1) is 7.52. The highest BCUT2D eigenvalue weighted by Gasteiger charge is 2.55. The third-order valence-corrected chi connectivity index (χ3v) is 5.23. The zero-order valence-electron chi connectivity index (χ0n) is 8.76. The zero-order valence-corrected chi connectivity index (χ0v) is 9.57. The van der Waals surface area contributed by atoms with Crippen molar-refractivity contribution in [1.82, 2.24) is 9.29 Å². The number of H-pyrrole nitrogens is 1. The largest absolute Gasteiger partial charge is 0.387 e. The van der Waals surface area contributed by atoms with E-state index in [0.717, 1.165) is 12.8 Å². The van der Waals surface area contributed by atoms with Crippen LogP contribution in [0.15, 0.2) is 23.4 Å². The lowest BCUT2D eigenvalue weighted by atomic mass is 9.91. The molecule has 0 aromatic carbocycles. The molecule has 0 bridgehead atoms. The number of sulfonamides is 1. The number of aromatic amines is 1. The Morgan fingerprint density at radius 2 is 2.12 bits per heavy atom. The topological polar surface area (TPSA) is 73.4 Å².